The van der Waals surface area contributed by atoms with Crippen molar-refractivity contribution in [3.8, 4) is 0 Å². The second-order valence-electron chi connectivity index (χ2n) is 6.83. The summed E-state index contributed by atoms with van der Waals surface area (Å²) in [5.74, 6) is -1.60. The molecule has 3 aromatic rings. The van der Waals surface area contributed by atoms with Gasteiger partial charge in [-0.05, 0) is 49.8 Å². The molecule has 156 valence electrons. The molecule has 1 unspecified atom stereocenters. The SMILES string of the molecule is CC[n+]1c(C=Cc2ccc(N(CC(N)=O)C(C)C(=O)O)cc2)sc2ccc(Cl)cc21. The van der Waals surface area contributed by atoms with Gasteiger partial charge in [0.05, 0.1) is 6.54 Å². The fraction of sp³-hybridized carbons (Fsp3) is 0.227. The van der Waals surface area contributed by atoms with Crippen LogP contribution in [0.3, 0.4) is 0 Å². The van der Waals surface area contributed by atoms with E-state index in [0.717, 1.165) is 22.6 Å². The molecule has 6 nitrogen and oxygen atoms in total. The third-order valence-corrected chi connectivity index (χ3v) is 6.17. The zero-order valence-corrected chi connectivity index (χ0v) is 18.3. The number of benzene rings is 2. The molecule has 0 bridgehead atoms. The summed E-state index contributed by atoms with van der Waals surface area (Å²) in [6.07, 6.45) is 4.05. The molecule has 8 heteroatoms. The first-order valence-electron chi connectivity index (χ1n) is 9.48. The Labute approximate surface area is 183 Å². The lowest BCUT2D eigenvalue weighted by Gasteiger charge is -2.27. The predicted molar refractivity (Wildman–Crippen MR) is 122 cm³/mol. The first-order chi connectivity index (χ1) is 14.3. The van der Waals surface area contributed by atoms with Crippen molar-refractivity contribution < 1.29 is 19.3 Å². The molecule has 30 heavy (non-hydrogen) atoms. The van der Waals surface area contributed by atoms with Crippen LogP contribution in [0.15, 0.2) is 42.5 Å². The van der Waals surface area contributed by atoms with Gasteiger partial charge in [-0.15, -0.1) is 0 Å². The average Bonchev–Trinajstić information content (AvgIpc) is 3.06. The van der Waals surface area contributed by atoms with Gasteiger partial charge in [-0.25, -0.2) is 4.79 Å². The molecular weight excluding hydrogens is 422 g/mol. The van der Waals surface area contributed by atoms with E-state index in [1.165, 1.54) is 16.5 Å². The van der Waals surface area contributed by atoms with Crippen molar-refractivity contribution in [1.82, 2.24) is 0 Å². The number of nitrogens with two attached hydrogens (primary N) is 1. The van der Waals surface area contributed by atoms with Crippen molar-refractivity contribution in [2.75, 3.05) is 11.4 Å². The number of aryl methyl sites for hydroxylation is 1. The van der Waals surface area contributed by atoms with E-state index in [2.05, 4.69) is 17.6 Å². The van der Waals surface area contributed by atoms with Gasteiger partial charge >= 0.3 is 5.97 Å². The Bertz CT molecular complexity index is 1110. The molecule has 1 heterocycles. The summed E-state index contributed by atoms with van der Waals surface area (Å²) < 4.78 is 3.38. The van der Waals surface area contributed by atoms with E-state index in [0.29, 0.717) is 10.7 Å². The number of carbonyl (C=O) groups is 2. The molecule has 1 aromatic heterocycles. The van der Waals surface area contributed by atoms with Crippen LogP contribution in [-0.4, -0.2) is 29.6 Å². The number of aliphatic carboxylic acids is 1. The Kier molecular flexibility index (Phi) is 6.74. The molecule has 0 saturated carbocycles. The summed E-state index contributed by atoms with van der Waals surface area (Å²) in [6, 6.07) is 12.4. The van der Waals surface area contributed by atoms with Gasteiger partial charge in [-0.3, -0.25) is 4.79 Å². The lowest BCUT2D eigenvalue weighted by Crippen LogP contribution is -2.44. The Morgan fingerprint density at radius 2 is 1.93 bits per heavy atom. The monoisotopic (exact) mass is 444 g/mol. The number of rotatable bonds is 8. The molecule has 3 N–H and O–H groups in total. The summed E-state index contributed by atoms with van der Waals surface area (Å²) in [7, 11) is 0. The third-order valence-electron chi connectivity index (χ3n) is 4.80. The van der Waals surface area contributed by atoms with E-state index < -0.39 is 17.9 Å². The number of nitrogens with zero attached hydrogens (tertiary/aromatic N) is 2. The number of halogens is 1. The normalized spacial score (nSPS) is 12.4. The first-order valence-corrected chi connectivity index (χ1v) is 10.7. The van der Waals surface area contributed by atoms with Crippen LogP contribution < -0.4 is 15.2 Å². The number of fused-ring (bicyclic) bond motifs is 1. The molecule has 3 rings (SSSR count). The minimum atomic E-state index is -1.02. The fourth-order valence-electron chi connectivity index (χ4n) is 3.22. The standard InChI is InChI=1S/C22H22ClN3O3S/c1-3-25-18-12-16(23)7-10-19(18)30-21(25)11-6-15-4-8-17(9-5-15)26(13-20(24)27)14(2)22(28)29/h4-12,14H,3,13H2,1-2H3,(H2-,24,27,28,29)/p+1. The molecule has 1 atom stereocenters. The Hall–Kier alpha value is -2.90. The van der Waals surface area contributed by atoms with E-state index in [-0.39, 0.29) is 6.54 Å². The molecule has 2 aromatic carbocycles. The lowest BCUT2D eigenvalue weighted by atomic mass is 10.1. The van der Waals surface area contributed by atoms with Crippen molar-refractivity contribution in [3.05, 3.63) is 58.1 Å². The number of thiazole rings is 1. The van der Waals surface area contributed by atoms with Crippen LogP contribution in [0.25, 0.3) is 22.4 Å². The number of primary amides is 1. The Balaban J connectivity index is 1.86. The number of hydrogen-bond acceptors (Lipinski definition) is 4. The number of amides is 1. The van der Waals surface area contributed by atoms with Gasteiger partial charge in [0, 0.05) is 22.9 Å². The predicted octanol–water partition coefficient (Wildman–Crippen LogP) is 3.80. The van der Waals surface area contributed by atoms with Crippen molar-refractivity contribution in [3.63, 3.8) is 0 Å². The van der Waals surface area contributed by atoms with E-state index in [4.69, 9.17) is 17.3 Å². The van der Waals surface area contributed by atoms with Crippen molar-refractivity contribution in [1.29, 1.82) is 0 Å². The van der Waals surface area contributed by atoms with Crippen LogP contribution in [-0.2, 0) is 16.1 Å². The first kappa shape index (κ1) is 21.8. The Morgan fingerprint density at radius 3 is 2.53 bits per heavy atom. The molecule has 0 aliphatic carbocycles. The van der Waals surface area contributed by atoms with Gasteiger partial charge in [-0.2, -0.15) is 4.57 Å². The molecule has 0 spiro atoms. The number of carbonyl (C=O) groups excluding carboxylic acids is 1. The number of hydrogen-bond donors (Lipinski definition) is 2. The maximum atomic E-state index is 11.4. The molecule has 0 aliphatic heterocycles. The van der Waals surface area contributed by atoms with Gasteiger partial charge in [0.15, 0.2) is 0 Å². The number of aromatic nitrogens is 1. The smallest absolute Gasteiger partial charge is 0.326 e. The topological polar surface area (TPSA) is 87.5 Å². The van der Waals surface area contributed by atoms with Gasteiger partial charge in [0.25, 0.3) is 5.01 Å². The number of carboxylic acids is 1. The average molecular weight is 445 g/mol. The third kappa shape index (κ3) is 4.80. The lowest BCUT2D eigenvalue weighted by molar-refractivity contribution is -0.665. The summed E-state index contributed by atoms with van der Waals surface area (Å²) in [6.45, 7) is 4.28. The van der Waals surface area contributed by atoms with E-state index in [9.17, 15) is 14.7 Å². The molecular formula is C22H23ClN3O3S+. The summed E-state index contributed by atoms with van der Waals surface area (Å²) >= 11 is 7.84. The molecule has 0 fully saturated rings. The fourth-order valence-corrected chi connectivity index (χ4v) is 4.50. The minimum absolute atomic E-state index is 0.163. The van der Waals surface area contributed by atoms with Crippen molar-refractivity contribution >= 4 is 62.9 Å². The van der Waals surface area contributed by atoms with Gasteiger partial charge in [0.2, 0.25) is 11.4 Å². The summed E-state index contributed by atoms with van der Waals surface area (Å²) in [5.41, 5.74) is 7.97. The highest BCUT2D eigenvalue weighted by atomic mass is 35.5. The summed E-state index contributed by atoms with van der Waals surface area (Å²) in [4.78, 5) is 24.2. The van der Waals surface area contributed by atoms with E-state index in [1.807, 2.05) is 36.4 Å². The number of anilines is 1. The van der Waals surface area contributed by atoms with Crippen LogP contribution >= 0.6 is 22.9 Å². The van der Waals surface area contributed by atoms with Gasteiger partial charge in [0.1, 0.15) is 17.3 Å². The second-order valence-corrected chi connectivity index (χ2v) is 8.33. The van der Waals surface area contributed by atoms with Crippen LogP contribution in [0.1, 0.15) is 24.4 Å². The van der Waals surface area contributed by atoms with Crippen LogP contribution in [0, 0.1) is 0 Å². The maximum absolute atomic E-state index is 11.4. The van der Waals surface area contributed by atoms with Gasteiger partial charge < -0.3 is 15.7 Å². The quantitative estimate of drug-likeness (QED) is 0.517. The molecule has 0 aliphatic rings. The zero-order valence-electron chi connectivity index (χ0n) is 16.7. The highest BCUT2D eigenvalue weighted by molar-refractivity contribution is 7.18. The van der Waals surface area contributed by atoms with Crippen molar-refractivity contribution in [2.24, 2.45) is 5.73 Å². The summed E-state index contributed by atoms with van der Waals surface area (Å²) in [5, 5.41) is 11.1. The highest BCUT2D eigenvalue weighted by Gasteiger charge is 2.22. The highest BCUT2D eigenvalue weighted by Crippen LogP contribution is 2.25. The van der Waals surface area contributed by atoms with Crippen LogP contribution in [0.2, 0.25) is 5.02 Å². The van der Waals surface area contributed by atoms with Crippen molar-refractivity contribution in [2.45, 2.75) is 26.4 Å². The Morgan fingerprint density at radius 1 is 1.23 bits per heavy atom. The maximum Gasteiger partial charge on any atom is 0.326 e. The van der Waals surface area contributed by atoms with Crippen LogP contribution in [0.4, 0.5) is 5.69 Å². The molecule has 0 radical (unpaired) electrons. The molecule has 1 amide bonds. The van der Waals surface area contributed by atoms with Gasteiger partial charge in [-0.1, -0.05) is 35.1 Å². The molecule has 0 saturated heterocycles. The second kappa shape index (κ2) is 9.28. The van der Waals surface area contributed by atoms with E-state index in [1.54, 1.807) is 23.5 Å². The minimum Gasteiger partial charge on any atom is -0.480 e. The zero-order chi connectivity index (χ0) is 21.8. The van der Waals surface area contributed by atoms with E-state index >= 15 is 0 Å². The number of carboxylic acid groups (broad SMARTS) is 1. The largest absolute Gasteiger partial charge is 0.480 e. The van der Waals surface area contributed by atoms with Crippen LogP contribution in [0.5, 0.6) is 0 Å².